The summed E-state index contributed by atoms with van der Waals surface area (Å²) >= 11 is 0. The Balaban J connectivity index is 1.06. The van der Waals surface area contributed by atoms with Crippen LogP contribution in [0.15, 0.2) is 230 Å². The molecule has 61 heavy (non-hydrogen) atoms. The van der Waals surface area contributed by atoms with Crippen molar-refractivity contribution in [3.8, 4) is 84.4 Å². The summed E-state index contributed by atoms with van der Waals surface area (Å²) in [6.45, 7) is 0. The molecular weight excluding hydrogens is 741 g/mol. The molecule has 0 atom stereocenters. The molecule has 0 saturated heterocycles. The molecule has 0 amide bonds. The molecule has 0 aliphatic carbocycles. The van der Waals surface area contributed by atoms with Crippen LogP contribution in [0.1, 0.15) is 5.48 Å². The summed E-state index contributed by atoms with van der Waals surface area (Å²) in [5.74, 6) is 1.58. The third kappa shape index (κ3) is 6.86. The zero-order chi connectivity index (χ0) is 44.0. The van der Waals surface area contributed by atoms with Crippen LogP contribution in [0.3, 0.4) is 0 Å². The van der Waals surface area contributed by atoms with Gasteiger partial charge in [0.25, 0.3) is 0 Å². The lowest BCUT2D eigenvalue weighted by atomic mass is 9.97. The first kappa shape index (κ1) is 31.7. The summed E-state index contributed by atoms with van der Waals surface area (Å²) in [6, 6.07) is 68.8. The lowest BCUT2D eigenvalue weighted by molar-refractivity contribution is 1.07. The van der Waals surface area contributed by atoms with Crippen LogP contribution in [0, 0.1) is 0 Å². The summed E-state index contributed by atoms with van der Waals surface area (Å²) in [7, 11) is 0. The quantitative estimate of drug-likeness (QED) is 0.154. The van der Waals surface area contributed by atoms with Crippen molar-refractivity contribution >= 4 is 21.8 Å². The largest absolute Gasteiger partial charge is 0.309 e. The number of nitrogens with zero attached hydrogens (tertiary/aromatic N) is 4. The molecule has 0 saturated carbocycles. The minimum atomic E-state index is -0.283. The molecule has 0 unspecified atom stereocenters. The average Bonchev–Trinajstić information content (AvgIpc) is 3.74. The standard InChI is InChI=1S/C57H38N4/c1-4-14-39(15-5-1)42-26-30-44(31-27-42)55-58-56(45-32-28-43(29-33-45)40-16-6-2-7-17-40)60-57(59-55)46-34-36-49(37-35-46)61-53-25-11-10-22-51(53)52-24-13-23-50(54(52)61)48-21-12-20-47(38-48)41-18-8-3-9-19-41/h1-38H/i10D,11D,22D,25D. The lowest BCUT2D eigenvalue weighted by Gasteiger charge is -2.14. The van der Waals surface area contributed by atoms with E-state index in [0.717, 1.165) is 77.8 Å². The molecule has 9 aromatic carbocycles. The molecule has 0 radical (unpaired) electrons. The van der Waals surface area contributed by atoms with Gasteiger partial charge in [0.2, 0.25) is 0 Å². The first-order valence-corrected chi connectivity index (χ1v) is 20.3. The zero-order valence-electron chi connectivity index (χ0n) is 36.9. The molecule has 11 rings (SSSR count). The Bertz CT molecular complexity index is 3440. The Labute approximate surface area is 360 Å². The van der Waals surface area contributed by atoms with Crippen molar-refractivity contribution in [2.75, 3.05) is 0 Å². The second-order valence-electron chi connectivity index (χ2n) is 14.9. The highest BCUT2D eigenvalue weighted by Crippen LogP contribution is 2.39. The van der Waals surface area contributed by atoms with Gasteiger partial charge in [0.05, 0.1) is 16.5 Å². The third-order valence-corrected chi connectivity index (χ3v) is 11.2. The van der Waals surface area contributed by atoms with E-state index in [0.29, 0.717) is 28.4 Å². The van der Waals surface area contributed by atoms with Gasteiger partial charge in [-0.25, -0.2) is 15.0 Å². The predicted molar refractivity (Wildman–Crippen MR) is 252 cm³/mol. The van der Waals surface area contributed by atoms with Gasteiger partial charge < -0.3 is 4.57 Å². The lowest BCUT2D eigenvalue weighted by Crippen LogP contribution is -2.01. The first-order chi connectivity index (χ1) is 31.9. The maximum absolute atomic E-state index is 9.24. The van der Waals surface area contributed by atoms with Crippen LogP contribution in [0.25, 0.3) is 106 Å². The number of fused-ring (bicyclic) bond motifs is 3. The molecule has 286 valence electrons. The molecular formula is C57H38N4. The van der Waals surface area contributed by atoms with E-state index in [-0.39, 0.29) is 24.2 Å². The van der Waals surface area contributed by atoms with Crippen LogP contribution in [0.2, 0.25) is 0 Å². The molecule has 0 spiro atoms. The van der Waals surface area contributed by atoms with Gasteiger partial charge in [0, 0.05) is 38.7 Å². The Morgan fingerprint density at radius 2 is 0.738 bits per heavy atom. The van der Waals surface area contributed by atoms with E-state index in [4.69, 9.17) is 19.1 Å². The van der Waals surface area contributed by atoms with E-state index in [1.165, 1.54) is 0 Å². The second kappa shape index (κ2) is 15.5. The topological polar surface area (TPSA) is 43.6 Å². The van der Waals surface area contributed by atoms with Crippen molar-refractivity contribution in [1.29, 1.82) is 0 Å². The van der Waals surface area contributed by atoms with Crippen LogP contribution in [0.4, 0.5) is 0 Å². The number of rotatable bonds is 8. The van der Waals surface area contributed by atoms with E-state index < -0.39 is 0 Å². The molecule has 0 aliphatic heterocycles. The fourth-order valence-corrected chi connectivity index (χ4v) is 8.16. The summed E-state index contributed by atoms with van der Waals surface area (Å²) < 4.78 is 37.7. The smallest absolute Gasteiger partial charge is 0.164 e. The molecule has 0 bridgehead atoms. The molecule has 0 N–H and O–H groups in total. The van der Waals surface area contributed by atoms with Crippen molar-refractivity contribution in [2.24, 2.45) is 0 Å². The van der Waals surface area contributed by atoms with Crippen LogP contribution < -0.4 is 0 Å². The van der Waals surface area contributed by atoms with Crippen molar-refractivity contribution in [2.45, 2.75) is 0 Å². The maximum Gasteiger partial charge on any atom is 0.164 e. The fourth-order valence-electron chi connectivity index (χ4n) is 8.16. The van der Waals surface area contributed by atoms with Crippen molar-refractivity contribution in [3.63, 3.8) is 0 Å². The summed E-state index contributed by atoms with van der Waals surface area (Å²) in [5, 5.41) is 1.21. The van der Waals surface area contributed by atoms with E-state index in [9.17, 15) is 1.37 Å². The van der Waals surface area contributed by atoms with E-state index in [1.807, 2.05) is 126 Å². The third-order valence-electron chi connectivity index (χ3n) is 11.2. The van der Waals surface area contributed by atoms with Gasteiger partial charge in [-0.05, 0) is 75.3 Å². The van der Waals surface area contributed by atoms with E-state index in [2.05, 4.69) is 84.9 Å². The summed E-state index contributed by atoms with van der Waals surface area (Å²) in [4.78, 5) is 15.2. The molecule has 0 aliphatic rings. The van der Waals surface area contributed by atoms with Gasteiger partial charge in [-0.15, -0.1) is 0 Å². The molecule has 2 aromatic heterocycles. The summed E-state index contributed by atoms with van der Waals surface area (Å²) in [5.41, 5.74) is 12.9. The zero-order valence-corrected chi connectivity index (χ0v) is 32.9. The molecule has 11 aromatic rings. The fraction of sp³-hybridized carbons (Fsp3) is 0. The highest BCUT2D eigenvalue weighted by Gasteiger charge is 2.18. The normalized spacial score (nSPS) is 12.2. The molecule has 4 heteroatoms. The minimum Gasteiger partial charge on any atom is -0.309 e. The van der Waals surface area contributed by atoms with Gasteiger partial charge in [0.15, 0.2) is 17.5 Å². The number of hydrogen-bond donors (Lipinski definition) is 0. The molecule has 2 heterocycles. The van der Waals surface area contributed by atoms with Crippen molar-refractivity contribution in [3.05, 3.63) is 230 Å². The Morgan fingerprint density at radius 1 is 0.328 bits per heavy atom. The van der Waals surface area contributed by atoms with Crippen molar-refractivity contribution in [1.82, 2.24) is 19.5 Å². The molecule has 4 nitrogen and oxygen atoms in total. The van der Waals surface area contributed by atoms with E-state index >= 15 is 0 Å². The number of benzene rings is 9. The van der Waals surface area contributed by atoms with Crippen LogP contribution >= 0.6 is 0 Å². The highest BCUT2D eigenvalue weighted by atomic mass is 15.0. The Morgan fingerprint density at radius 3 is 1.28 bits per heavy atom. The van der Waals surface area contributed by atoms with Gasteiger partial charge in [-0.2, -0.15) is 0 Å². The second-order valence-corrected chi connectivity index (χ2v) is 14.9. The predicted octanol–water partition coefficient (Wildman–Crippen LogP) is 14.6. The van der Waals surface area contributed by atoms with Gasteiger partial charge in [-0.3, -0.25) is 0 Å². The van der Waals surface area contributed by atoms with Crippen molar-refractivity contribution < 1.29 is 5.48 Å². The summed E-state index contributed by atoms with van der Waals surface area (Å²) in [6.07, 6.45) is 0. The van der Waals surface area contributed by atoms with Crippen LogP contribution in [0.5, 0.6) is 0 Å². The highest BCUT2D eigenvalue weighted by molar-refractivity contribution is 6.14. The first-order valence-electron chi connectivity index (χ1n) is 22.3. The number of hydrogen-bond acceptors (Lipinski definition) is 3. The van der Waals surface area contributed by atoms with Crippen LogP contribution in [-0.4, -0.2) is 19.5 Å². The maximum atomic E-state index is 9.24. The van der Waals surface area contributed by atoms with Gasteiger partial charge in [-0.1, -0.05) is 194 Å². The minimum absolute atomic E-state index is 0.0737. The van der Waals surface area contributed by atoms with E-state index in [1.54, 1.807) is 0 Å². The number of aromatic nitrogens is 4. The number of para-hydroxylation sites is 2. The SMILES string of the molecule is [2H]c1c([2H])c([2H])c2c(c1[2H])c1cccc(-c3cccc(-c4ccccc4)c3)c1n2-c1ccc(-c2nc(-c3ccc(-c4ccccc4)cc3)nc(-c3ccc(-c4ccccc4)cc3)n2)cc1. The average molecular weight is 783 g/mol. The Hall–Kier alpha value is -8.21. The van der Waals surface area contributed by atoms with Gasteiger partial charge >= 0.3 is 0 Å². The van der Waals surface area contributed by atoms with Gasteiger partial charge in [0.1, 0.15) is 0 Å². The van der Waals surface area contributed by atoms with Crippen LogP contribution in [-0.2, 0) is 0 Å². The monoisotopic (exact) mass is 782 g/mol. The Kier molecular flexibility index (Phi) is 8.07. The molecule has 0 fully saturated rings.